The summed E-state index contributed by atoms with van der Waals surface area (Å²) in [4.78, 5) is 5.07. The van der Waals surface area contributed by atoms with Crippen molar-refractivity contribution in [2.75, 3.05) is 33.2 Å². The summed E-state index contributed by atoms with van der Waals surface area (Å²) in [5.74, 6) is 0. The Kier molecular flexibility index (Phi) is 4.60. The summed E-state index contributed by atoms with van der Waals surface area (Å²) in [5.41, 5.74) is 7.57. The van der Waals surface area contributed by atoms with Crippen LogP contribution in [0.4, 0.5) is 0 Å². The second-order valence-electron chi connectivity index (χ2n) is 5.98. The smallest absolute Gasteiger partial charge is 0.0486 e. The Hall–Kier alpha value is -0.940. The van der Waals surface area contributed by atoms with Gasteiger partial charge in [0.2, 0.25) is 0 Å². The van der Waals surface area contributed by atoms with Gasteiger partial charge in [0.05, 0.1) is 0 Å². The molecule has 2 unspecified atom stereocenters. The summed E-state index contributed by atoms with van der Waals surface area (Å²) >= 11 is 1.84. The molecular formula is C17H25N3S. The summed E-state index contributed by atoms with van der Waals surface area (Å²) < 4.78 is 1.37. The summed E-state index contributed by atoms with van der Waals surface area (Å²) in [7, 11) is 2.24. The van der Waals surface area contributed by atoms with Gasteiger partial charge in [0.1, 0.15) is 0 Å². The van der Waals surface area contributed by atoms with E-state index >= 15 is 0 Å². The van der Waals surface area contributed by atoms with Crippen LogP contribution in [-0.2, 0) is 0 Å². The molecule has 114 valence electrons. The van der Waals surface area contributed by atoms with Crippen LogP contribution >= 0.6 is 11.3 Å². The Morgan fingerprint density at radius 2 is 2.14 bits per heavy atom. The van der Waals surface area contributed by atoms with Crippen molar-refractivity contribution >= 4 is 21.4 Å². The van der Waals surface area contributed by atoms with Crippen molar-refractivity contribution in [3.05, 3.63) is 35.2 Å². The molecule has 1 aromatic heterocycles. The lowest BCUT2D eigenvalue weighted by Gasteiger charge is -2.42. The zero-order valence-corrected chi connectivity index (χ0v) is 13.8. The van der Waals surface area contributed by atoms with Crippen molar-refractivity contribution in [3.63, 3.8) is 0 Å². The Bertz CT molecular complexity index is 594. The Balaban J connectivity index is 1.88. The monoisotopic (exact) mass is 303 g/mol. The van der Waals surface area contributed by atoms with Crippen molar-refractivity contribution in [3.8, 4) is 0 Å². The number of hydrogen-bond acceptors (Lipinski definition) is 4. The molecule has 4 heteroatoms. The van der Waals surface area contributed by atoms with Gasteiger partial charge in [0, 0.05) is 43.0 Å². The van der Waals surface area contributed by atoms with Crippen LogP contribution in [0.15, 0.2) is 29.6 Å². The average Bonchev–Trinajstić information content (AvgIpc) is 2.94. The Morgan fingerprint density at radius 1 is 1.33 bits per heavy atom. The maximum Gasteiger partial charge on any atom is 0.0486 e. The molecular weight excluding hydrogens is 278 g/mol. The minimum atomic E-state index is 0.351. The van der Waals surface area contributed by atoms with E-state index in [4.69, 9.17) is 5.73 Å². The van der Waals surface area contributed by atoms with Crippen molar-refractivity contribution in [2.24, 2.45) is 5.73 Å². The third kappa shape index (κ3) is 2.86. The highest BCUT2D eigenvalue weighted by molar-refractivity contribution is 7.17. The highest BCUT2D eigenvalue weighted by atomic mass is 32.1. The molecule has 21 heavy (non-hydrogen) atoms. The first-order valence-corrected chi connectivity index (χ1v) is 8.73. The summed E-state index contributed by atoms with van der Waals surface area (Å²) in [5, 5.41) is 3.69. The highest BCUT2D eigenvalue weighted by Crippen LogP contribution is 2.33. The molecule has 0 spiro atoms. The second-order valence-corrected chi connectivity index (χ2v) is 6.89. The van der Waals surface area contributed by atoms with E-state index in [2.05, 4.69) is 53.4 Å². The Labute approximate surface area is 131 Å². The van der Waals surface area contributed by atoms with Gasteiger partial charge in [0.25, 0.3) is 0 Å². The van der Waals surface area contributed by atoms with Crippen LogP contribution in [0, 0.1) is 0 Å². The second kappa shape index (κ2) is 6.44. The first-order valence-electron chi connectivity index (χ1n) is 7.85. The number of piperazine rings is 1. The van der Waals surface area contributed by atoms with Crippen LogP contribution in [-0.4, -0.2) is 49.1 Å². The normalized spacial score (nSPS) is 22.7. The molecule has 1 aliphatic rings. The molecule has 1 fully saturated rings. The highest BCUT2D eigenvalue weighted by Gasteiger charge is 2.29. The third-order valence-corrected chi connectivity index (χ3v) is 5.80. The number of benzene rings is 1. The number of nitrogens with two attached hydrogens (primary N) is 1. The van der Waals surface area contributed by atoms with Crippen LogP contribution in [0.2, 0.25) is 0 Å². The lowest BCUT2D eigenvalue weighted by molar-refractivity contribution is 0.0649. The van der Waals surface area contributed by atoms with Crippen LogP contribution < -0.4 is 5.73 Å². The molecule has 0 aliphatic carbocycles. The molecule has 0 saturated carbocycles. The van der Waals surface area contributed by atoms with Gasteiger partial charge >= 0.3 is 0 Å². The topological polar surface area (TPSA) is 32.5 Å². The minimum Gasteiger partial charge on any atom is -0.329 e. The van der Waals surface area contributed by atoms with E-state index < -0.39 is 0 Å². The molecule has 1 saturated heterocycles. The van der Waals surface area contributed by atoms with Crippen LogP contribution in [0.3, 0.4) is 0 Å². The standard InChI is InChI=1S/C17H25N3S/c1-3-13-11-20(9-8-19(13)2)16(10-18)15-12-21-17-7-5-4-6-14(15)17/h4-7,12-13,16H,3,8-11,18H2,1-2H3. The van der Waals surface area contributed by atoms with Crippen LogP contribution in [0.25, 0.3) is 10.1 Å². The van der Waals surface area contributed by atoms with Crippen LogP contribution in [0.1, 0.15) is 24.9 Å². The van der Waals surface area contributed by atoms with E-state index in [9.17, 15) is 0 Å². The van der Waals surface area contributed by atoms with Gasteiger partial charge in [-0.05, 0) is 35.9 Å². The largest absolute Gasteiger partial charge is 0.329 e. The molecule has 1 aromatic carbocycles. The van der Waals surface area contributed by atoms with Crippen molar-refractivity contribution in [1.29, 1.82) is 0 Å². The fourth-order valence-electron chi connectivity index (χ4n) is 3.42. The lowest BCUT2D eigenvalue weighted by Crippen LogP contribution is -2.53. The number of rotatable bonds is 4. The summed E-state index contributed by atoms with van der Waals surface area (Å²) in [6, 6.07) is 9.68. The van der Waals surface area contributed by atoms with E-state index in [0.717, 1.165) is 19.6 Å². The van der Waals surface area contributed by atoms with Gasteiger partial charge in [-0.1, -0.05) is 25.1 Å². The number of thiophene rings is 1. The molecule has 0 radical (unpaired) electrons. The van der Waals surface area contributed by atoms with Crippen molar-refractivity contribution in [1.82, 2.24) is 9.80 Å². The summed E-state index contributed by atoms with van der Waals surface area (Å²) in [6.07, 6.45) is 1.20. The van der Waals surface area contributed by atoms with E-state index in [1.165, 1.54) is 22.1 Å². The van der Waals surface area contributed by atoms with Gasteiger partial charge in [-0.2, -0.15) is 0 Å². The SMILES string of the molecule is CCC1CN(C(CN)c2csc3ccccc23)CCN1C. The van der Waals surface area contributed by atoms with Crippen LogP contribution in [0.5, 0.6) is 0 Å². The zero-order valence-electron chi connectivity index (χ0n) is 13.0. The van der Waals surface area contributed by atoms with E-state index in [1.807, 2.05) is 11.3 Å². The lowest BCUT2D eigenvalue weighted by atomic mass is 10.0. The van der Waals surface area contributed by atoms with Gasteiger partial charge in [-0.3, -0.25) is 4.90 Å². The number of nitrogens with zero attached hydrogens (tertiary/aromatic N) is 2. The van der Waals surface area contributed by atoms with Crippen molar-refractivity contribution in [2.45, 2.75) is 25.4 Å². The molecule has 2 atom stereocenters. The van der Waals surface area contributed by atoms with Gasteiger partial charge < -0.3 is 10.6 Å². The average molecular weight is 303 g/mol. The van der Waals surface area contributed by atoms with Gasteiger partial charge in [0.15, 0.2) is 0 Å². The minimum absolute atomic E-state index is 0.351. The molecule has 2 heterocycles. The fraction of sp³-hybridized carbons (Fsp3) is 0.529. The molecule has 0 amide bonds. The predicted molar refractivity (Wildman–Crippen MR) is 91.9 cm³/mol. The fourth-order valence-corrected chi connectivity index (χ4v) is 4.43. The Morgan fingerprint density at radius 3 is 2.90 bits per heavy atom. The molecule has 3 rings (SSSR count). The van der Waals surface area contributed by atoms with E-state index in [-0.39, 0.29) is 0 Å². The number of likely N-dealkylation sites (N-methyl/N-ethyl adjacent to an activating group) is 1. The predicted octanol–water partition coefficient (Wildman–Crippen LogP) is 2.93. The molecule has 1 aliphatic heterocycles. The maximum atomic E-state index is 6.16. The van der Waals surface area contributed by atoms with Gasteiger partial charge in [-0.25, -0.2) is 0 Å². The molecule has 2 N–H and O–H groups in total. The molecule has 3 nitrogen and oxygen atoms in total. The number of fused-ring (bicyclic) bond motifs is 1. The molecule has 2 aromatic rings. The summed E-state index contributed by atoms with van der Waals surface area (Å²) in [6.45, 7) is 6.35. The van der Waals surface area contributed by atoms with Crippen molar-refractivity contribution < 1.29 is 0 Å². The first-order chi connectivity index (χ1) is 10.2. The molecule has 0 bridgehead atoms. The maximum absolute atomic E-state index is 6.16. The van der Waals surface area contributed by atoms with Gasteiger partial charge in [-0.15, -0.1) is 11.3 Å². The number of hydrogen-bond donors (Lipinski definition) is 1. The quantitative estimate of drug-likeness (QED) is 0.942. The van der Waals surface area contributed by atoms with E-state index in [0.29, 0.717) is 18.6 Å². The van der Waals surface area contributed by atoms with E-state index in [1.54, 1.807) is 0 Å². The zero-order chi connectivity index (χ0) is 14.8. The first kappa shape index (κ1) is 15.0. The third-order valence-electron chi connectivity index (χ3n) is 4.81.